The summed E-state index contributed by atoms with van der Waals surface area (Å²) in [5.41, 5.74) is -1.39. The molecule has 1 aromatic carbocycles. The fourth-order valence-corrected chi connectivity index (χ4v) is 0.812. The third-order valence-electron chi connectivity index (χ3n) is 1.44. The number of carboxylic acids is 1. The number of hydrogen-bond acceptors (Lipinski definition) is 3. The molecule has 0 bridgehead atoms. The smallest absolute Gasteiger partial charge is 0.363 e. The maximum absolute atomic E-state index is 13.0. The fraction of sp³-hybridized carbons (Fsp3) is 0.111. The number of oxime groups is 1. The minimum absolute atomic E-state index is 0.187. The first kappa shape index (κ1) is 11.5. The molecule has 0 heterocycles. The minimum Gasteiger partial charge on any atom is -0.477 e. The van der Waals surface area contributed by atoms with Gasteiger partial charge in [-0.3, -0.25) is 0 Å². The van der Waals surface area contributed by atoms with Gasteiger partial charge in [-0.25, -0.2) is 9.18 Å². The first-order chi connectivity index (χ1) is 7.11. The molecular weight excluding hydrogens is 225 g/mol. The van der Waals surface area contributed by atoms with Crippen LogP contribution in [0.2, 0.25) is 0 Å². The van der Waals surface area contributed by atoms with Crippen LogP contribution in [0.3, 0.4) is 0 Å². The predicted molar refractivity (Wildman–Crippen MR) is 52.4 cm³/mol. The summed E-state index contributed by atoms with van der Waals surface area (Å²) in [6.07, 6.45) is 1.05. The number of nitrogens with zero attached hydrogens (tertiary/aromatic N) is 1. The van der Waals surface area contributed by atoms with Crippen molar-refractivity contribution in [3.05, 3.63) is 35.6 Å². The Morgan fingerprint density at radius 2 is 2.27 bits per heavy atom. The van der Waals surface area contributed by atoms with Crippen molar-refractivity contribution in [1.29, 1.82) is 0 Å². The van der Waals surface area contributed by atoms with Gasteiger partial charge in [0.15, 0.2) is 0 Å². The fourth-order valence-electron chi connectivity index (χ4n) is 0.766. The van der Waals surface area contributed by atoms with Gasteiger partial charge in [0.1, 0.15) is 5.82 Å². The van der Waals surface area contributed by atoms with Crippen LogP contribution in [-0.4, -0.2) is 22.9 Å². The highest BCUT2D eigenvalue weighted by molar-refractivity contribution is 6.28. The van der Waals surface area contributed by atoms with Crippen molar-refractivity contribution in [3.8, 4) is 0 Å². The second kappa shape index (κ2) is 5.31. The number of aliphatic carboxylic acids is 1. The zero-order valence-electron chi connectivity index (χ0n) is 7.43. The first-order valence-electron chi connectivity index (χ1n) is 3.92. The Morgan fingerprint density at radius 1 is 1.60 bits per heavy atom. The molecule has 6 heteroatoms. The van der Waals surface area contributed by atoms with E-state index in [0.29, 0.717) is 0 Å². The van der Waals surface area contributed by atoms with Crippen molar-refractivity contribution in [1.82, 2.24) is 0 Å². The van der Waals surface area contributed by atoms with E-state index < -0.39 is 17.3 Å². The zero-order valence-corrected chi connectivity index (χ0v) is 8.19. The molecule has 15 heavy (non-hydrogen) atoms. The summed E-state index contributed by atoms with van der Waals surface area (Å²) < 4.78 is 13.0. The van der Waals surface area contributed by atoms with Crippen LogP contribution < -0.4 is 0 Å². The maximum Gasteiger partial charge on any atom is 0.363 e. The first-order valence-corrected chi connectivity index (χ1v) is 4.35. The van der Waals surface area contributed by atoms with Gasteiger partial charge in [0.05, 0.1) is 6.21 Å². The molecule has 0 amide bonds. The number of hydrogen-bond donors (Lipinski definition) is 1. The lowest BCUT2D eigenvalue weighted by atomic mass is 10.2. The third kappa shape index (κ3) is 3.55. The number of carboxylic acid groups (broad SMARTS) is 1. The Bertz CT molecular complexity index is 383. The summed E-state index contributed by atoms with van der Waals surface area (Å²) in [6.45, 7) is 0. The monoisotopic (exact) mass is 231 g/mol. The van der Waals surface area contributed by atoms with Crippen molar-refractivity contribution in [2.24, 2.45) is 5.16 Å². The van der Waals surface area contributed by atoms with Crippen molar-refractivity contribution in [2.75, 3.05) is 0 Å². The molecular formula is C9H7ClFNO3. The lowest BCUT2D eigenvalue weighted by Gasteiger charge is -2.00. The average molecular weight is 232 g/mol. The number of alkyl halides is 1. The molecule has 1 unspecified atom stereocenters. The number of carbonyl (C=O) groups is 1. The topological polar surface area (TPSA) is 58.9 Å². The quantitative estimate of drug-likeness (QED) is 0.489. The van der Waals surface area contributed by atoms with Gasteiger partial charge in [0.25, 0.3) is 5.56 Å². The second-order valence-electron chi connectivity index (χ2n) is 2.52. The average Bonchev–Trinajstić information content (AvgIpc) is 2.20. The molecule has 0 radical (unpaired) electrons. The van der Waals surface area contributed by atoms with Crippen LogP contribution in [0.1, 0.15) is 5.56 Å². The molecule has 0 aliphatic carbocycles. The van der Waals surface area contributed by atoms with E-state index >= 15 is 0 Å². The summed E-state index contributed by atoms with van der Waals surface area (Å²) in [4.78, 5) is 14.5. The molecule has 1 rings (SSSR count). The highest BCUT2D eigenvalue weighted by Gasteiger charge is 2.13. The largest absolute Gasteiger partial charge is 0.477 e. The zero-order chi connectivity index (χ0) is 11.3. The molecule has 0 spiro atoms. The maximum atomic E-state index is 13.0. The molecule has 1 atom stereocenters. The second-order valence-corrected chi connectivity index (χ2v) is 2.91. The number of rotatable bonds is 4. The van der Waals surface area contributed by atoms with Crippen LogP contribution in [0.15, 0.2) is 29.4 Å². The van der Waals surface area contributed by atoms with E-state index in [2.05, 4.69) is 9.99 Å². The van der Waals surface area contributed by atoms with Gasteiger partial charge < -0.3 is 9.94 Å². The molecule has 0 aliphatic rings. The Labute approximate surface area is 89.9 Å². The Morgan fingerprint density at radius 3 is 2.87 bits per heavy atom. The lowest BCUT2D eigenvalue weighted by Crippen LogP contribution is -2.14. The van der Waals surface area contributed by atoms with Crippen molar-refractivity contribution in [3.63, 3.8) is 0 Å². The van der Waals surface area contributed by atoms with E-state index in [9.17, 15) is 9.18 Å². The highest BCUT2D eigenvalue weighted by Crippen LogP contribution is 2.04. The molecule has 4 nitrogen and oxygen atoms in total. The molecule has 80 valence electrons. The Balaban J connectivity index is 2.59. The standard InChI is InChI=1S/C9H7ClFNO3/c10-8(9(13)14)15-12-5-6-3-1-2-4-7(6)11/h1-5,8H,(H,13,14). The third-order valence-corrected chi connectivity index (χ3v) is 1.71. The molecule has 0 aromatic heterocycles. The SMILES string of the molecule is O=C(O)C(Cl)ON=Cc1ccccc1F. The van der Waals surface area contributed by atoms with E-state index in [1.165, 1.54) is 18.2 Å². The summed E-state index contributed by atoms with van der Waals surface area (Å²) in [5, 5.41) is 11.6. The van der Waals surface area contributed by atoms with E-state index in [-0.39, 0.29) is 5.56 Å². The van der Waals surface area contributed by atoms with Gasteiger partial charge in [-0.1, -0.05) is 35.0 Å². The molecule has 0 fully saturated rings. The lowest BCUT2D eigenvalue weighted by molar-refractivity contribution is -0.144. The molecule has 0 saturated heterocycles. The van der Waals surface area contributed by atoms with E-state index in [4.69, 9.17) is 16.7 Å². The van der Waals surface area contributed by atoms with E-state index in [0.717, 1.165) is 6.21 Å². The van der Waals surface area contributed by atoms with Crippen LogP contribution in [0.4, 0.5) is 4.39 Å². The summed E-state index contributed by atoms with van der Waals surface area (Å²) in [7, 11) is 0. The van der Waals surface area contributed by atoms with E-state index in [1.54, 1.807) is 6.07 Å². The number of benzene rings is 1. The van der Waals surface area contributed by atoms with Crippen molar-refractivity contribution < 1.29 is 19.1 Å². The van der Waals surface area contributed by atoms with Gasteiger partial charge in [0, 0.05) is 5.56 Å². The van der Waals surface area contributed by atoms with Crippen LogP contribution in [0.25, 0.3) is 0 Å². The van der Waals surface area contributed by atoms with Gasteiger partial charge in [-0.15, -0.1) is 0 Å². The predicted octanol–water partition coefficient (Wildman–Crippen LogP) is 1.83. The molecule has 1 N–H and O–H groups in total. The van der Waals surface area contributed by atoms with Crippen LogP contribution >= 0.6 is 11.6 Å². The normalized spacial score (nSPS) is 12.7. The van der Waals surface area contributed by atoms with Crippen molar-refractivity contribution >= 4 is 23.8 Å². The van der Waals surface area contributed by atoms with Crippen LogP contribution in [-0.2, 0) is 9.63 Å². The van der Waals surface area contributed by atoms with Crippen LogP contribution in [0, 0.1) is 5.82 Å². The Hall–Kier alpha value is -1.62. The molecule has 1 aromatic rings. The van der Waals surface area contributed by atoms with Gasteiger partial charge in [-0.05, 0) is 6.07 Å². The van der Waals surface area contributed by atoms with Gasteiger partial charge in [-0.2, -0.15) is 0 Å². The van der Waals surface area contributed by atoms with Crippen LogP contribution in [0.5, 0.6) is 0 Å². The molecule has 0 aliphatic heterocycles. The molecule has 0 saturated carbocycles. The van der Waals surface area contributed by atoms with Gasteiger partial charge >= 0.3 is 5.97 Å². The summed E-state index contributed by atoms with van der Waals surface area (Å²) in [5.74, 6) is -1.84. The van der Waals surface area contributed by atoms with E-state index in [1.807, 2.05) is 0 Å². The summed E-state index contributed by atoms with van der Waals surface area (Å²) in [6, 6.07) is 5.85. The van der Waals surface area contributed by atoms with Crippen molar-refractivity contribution in [2.45, 2.75) is 5.56 Å². The Kier molecular flexibility index (Phi) is 4.05. The summed E-state index contributed by atoms with van der Waals surface area (Å²) >= 11 is 5.19. The number of halogens is 2. The highest BCUT2D eigenvalue weighted by atomic mass is 35.5. The van der Waals surface area contributed by atoms with Gasteiger partial charge in [0.2, 0.25) is 0 Å². The minimum atomic E-state index is -1.58.